The minimum atomic E-state index is 0.0565. The number of aryl methyl sites for hydroxylation is 2. The molecule has 1 saturated carbocycles. The van der Waals surface area contributed by atoms with E-state index in [2.05, 4.69) is 76.7 Å². The molecule has 1 fully saturated rings. The Bertz CT molecular complexity index is 803. The Morgan fingerprint density at radius 3 is 2.03 bits per heavy atom. The van der Waals surface area contributed by atoms with Gasteiger partial charge < -0.3 is 5.11 Å². The first-order chi connectivity index (χ1) is 13.7. The number of aromatic hydroxyl groups is 1. The summed E-state index contributed by atoms with van der Waals surface area (Å²) in [5, 5.41) is 12.0. The van der Waals surface area contributed by atoms with Crippen molar-refractivity contribution in [3.05, 3.63) is 52.6 Å². The molecule has 0 aliphatic heterocycles. The average molecular weight is 411 g/mol. The predicted molar refractivity (Wildman–Crippen MR) is 129 cm³/mol. The van der Waals surface area contributed by atoms with Crippen molar-refractivity contribution in [2.45, 2.75) is 96.0 Å². The Morgan fingerprint density at radius 1 is 0.862 bits per heavy atom. The van der Waals surface area contributed by atoms with Crippen molar-refractivity contribution < 1.29 is 5.11 Å². The molecule has 0 aromatic heterocycles. The van der Waals surface area contributed by atoms with Gasteiger partial charge in [-0.15, -0.1) is 0 Å². The lowest BCUT2D eigenvalue weighted by molar-refractivity contribution is 0.471. The molecule has 0 bridgehead atoms. The first-order valence-corrected chi connectivity index (χ1v) is 12.4. The van der Waals surface area contributed by atoms with Crippen LogP contribution in [0.3, 0.4) is 0 Å². The Labute approximate surface area is 182 Å². The summed E-state index contributed by atoms with van der Waals surface area (Å²) in [7, 11) is 0. The van der Waals surface area contributed by atoms with E-state index in [4.69, 9.17) is 0 Å². The van der Waals surface area contributed by atoms with Crippen LogP contribution in [0.15, 0.2) is 30.3 Å². The molecule has 158 valence electrons. The summed E-state index contributed by atoms with van der Waals surface area (Å²) in [4.78, 5) is 0. The van der Waals surface area contributed by atoms with Crippen LogP contribution in [0, 0.1) is 13.8 Å². The van der Waals surface area contributed by atoms with Crippen LogP contribution in [0.4, 0.5) is 0 Å². The van der Waals surface area contributed by atoms with Gasteiger partial charge in [-0.2, -0.15) is 11.8 Å². The largest absolute Gasteiger partial charge is 0.507 e. The average Bonchev–Trinajstić information content (AvgIpc) is 2.60. The fraction of sp³-hybridized carbons (Fsp3) is 0.556. The van der Waals surface area contributed by atoms with Gasteiger partial charge in [0.2, 0.25) is 0 Å². The fourth-order valence-corrected chi connectivity index (χ4v) is 5.68. The smallest absolute Gasteiger partial charge is 0.127 e. The fourth-order valence-electron chi connectivity index (χ4n) is 4.38. The van der Waals surface area contributed by atoms with Crippen LogP contribution in [0.1, 0.15) is 88.0 Å². The summed E-state index contributed by atoms with van der Waals surface area (Å²) < 4.78 is 0. The molecule has 0 atom stereocenters. The van der Waals surface area contributed by atoms with Crippen LogP contribution in [-0.2, 0) is 11.2 Å². The van der Waals surface area contributed by atoms with E-state index in [9.17, 15) is 5.11 Å². The van der Waals surface area contributed by atoms with Gasteiger partial charge in [-0.1, -0.05) is 88.3 Å². The van der Waals surface area contributed by atoms with Crippen LogP contribution in [-0.4, -0.2) is 10.4 Å². The Balaban J connectivity index is 1.93. The van der Waals surface area contributed by atoms with Crippen molar-refractivity contribution in [3.63, 3.8) is 0 Å². The van der Waals surface area contributed by atoms with Gasteiger partial charge in [0.15, 0.2) is 0 Å². The first kappa shape index (κ1) is 22.3. The molecule has 0 radical (unpaired) electrons. The van der Waals surface area contributed by atoms with Crippen molar-refractivity contribution in [2.24, 2.45) is 0 Å². The zero-order valence-electron chi connectivity index (χ0n) is 19.0. The van der Waals surface area contributed by atoms with Crippen LogP contribution in [0.25, 0.3) is 11.1 Å². The van der Waals surface area contributed by atoms with E-state index < -0.39 is 0 Å². The van der Waals surface area contributed by atoms with E-state index in [1.807, 2.05) is 0 Å². The maximum absolute atomic E-state index is 11.2. The Kier molecular flexibility index (Phi) is 7.37. The van der Waals surface area contributed by atoms with Gasteiger partial charge in [-0.05, 0) is 49.3 Å². The lowest BCUT2D eigenvalue weighted by Crippen LogP contribution is -2.12. The number of hydrogen-bond donors (Lipinski definition) is 1. The molecule has 2 heteroatoms. The second-order valence-corrected chi connectivity index (χ2v) is 11.2. The number of phenols is 1. The SMILES string of the molecule is Cc1cc(C)cc(-c2cc(C(C)(C)C)cc(CSC3CCCCCCC3)c2O)c1. The monoisotopic (exact) mass is 410 g/mol. The highest BCUT2D eigenvalue weighted by Gasteiger charge is 2.21. The van der Waals surface area contributed by atoms with E-state index >= 15 is 0 Å². The molecule has 3 rings (SSSR count). The maximum atomic E-state index is 11.2. The van der Waals surface area contributed by atoms with E-state index in [1.165, 1.54) is 61.6 Å². The highest BCUT2D eigenvalue weighted by molar-refractivity contribution is 7.99. The van der Waals surface area contributed by atoms with Crippen LogP contribution < -0.4 is 0 Å². The van der Waals surface area contributed by atoms with Crippen molar-refractivity contribution in [3.8, 4) is 16.9 Å². The van der Waals surface area contributed by atoms with Gasteiger partial charge in [0.05, 0.1) is 0 Å². The Hall–Kier alpha value is -1.41. The van der Waals surface area contributed by atoms with Gasteiger partial charge in [-0.3, -0.25) is 0 Å². The molecule has 1 N–H and O–H groups in total. The van der Waals surface area contributed by atoms with Gasteiger partial charge in [0.25, 0.3) is 0 Å². The molecular weight excluding hydrogens is 372 g/mol. The van der Waals surface area contributed by atoms with Crippen molar-refractivity contribution in [1.29, 1.82) is 0 Å². The van der Waals surface area contributed by atoms with E-state index in [0.717, 1.165) is 27.7 Å². The molecular formula is C27H38OS. The number of benzene rings is 2. The summed E-state index contributed by atoms with van der Waals surface area (Å²) in [6, 6.07) is 11.0. The second-order valence-electron chi connectivity index (χ2n) is 9.94. The van der Waals surface area contributed by atoms with Gasteiger partial charge in [0, 0.05) is 22.1 Å². The summed E-state index contributed by atoms with van der Waals surface area (Å²) in [5.41, 5.74) is 7.05. The lowest BCUT2D eigenvalue weighted by atomic mass is 9.83. The normalized spacial score (nSPS) is 16.4. The number of thioether (sulfide) groups is 1. The summed E-state index contributed by atoms with van der Waals surface area (Å²) in [5.74, 6) is 1.37. The minimum Gasteiger partial charge on any atom is -0.507 e. The van der Waals surface area contributed by atoms with Crippen molar-refractivity contribution >= 4 is 11.8 Å². The molecule has 1 aliphatic rings. The minimum absolute atomic E-state index is 0.0565. The molecule has 1 nitrogen and oxygen atoms in total. The zero-order chi connectivity index (χ0) is 21.0. The molecule has 0 unspecified atom stereocenters. The molecule has 0 amide bonds. The third-order valence-corrected chi connectivity index (χ3v) is 7.53. The lowest BCUT2D eigenvalue weighted by Gasteiger charge is -2.24. The molecule has 0 saturated heterocycles. The Morgan fingerprint density at radius 2 is 1.45 bits per heavy atom. The highest BCUT2D eigenvalue weighted by Crippen LogP contribution is 2.40. The standard InChI is InChI=1S/C27H38OS/c1-19-13-20(2)15-21(14-19)25-17-23(27(3,4)5)16-22(26(25)28)18-29-24-11-9-7-6-8-10-12-24/h13-17,24,28H,6-12,18H2,1-5H3. The zero-order valence-corrected chi connectivity index (χ0v) is 19.8. The van der Waals surface area contributed by atoms with E-state index in [-0.39, 0.29) is 5.41 Å². The van der Waals surface area contributed by atoms with Crippen molar-refractivity contribution in [2.75, 3.05) is 0 Å². The van der Waals surface area contributed by atoms with Gasteiger partial charge >= 0.3 is 0 Å². The molecule has 0 heterocycles. The van der Waals surface area contributed by atoms with Gasteiger partial charge in [-0.25, -0.2) is 0 Å². The molecule has 29 heavy (non-hydrogen) atoms. The third kappa shape index (κ3) is 6.04. The van der Waals surface area contributed by atoms with Crippen LogP contribution in [0.5, 0.6) is 5.75 Å². The highest BCUT2D eigenvalue weighted by atomic mass is 32.2. The van der Waals surface area contributed by atoms with E-state index in [0.29, 0.717) is 5.75 Å². The number of phenolic OH excluding ortho intramolecular Hbond substituents is 1. The third-order valence-electron chi connectivity index (χ3n) is 6.11. The second kappa shape index (κ2) is 9.60. The number of hydrogen-bond acceptors (Lipinski definition) is 2. The summed E-state index contributed by atoms with van der Waals surface area (Å²) >= 11 is 2.06. The van der Waals surface area contributed by atoms with Crippen LogP contribution >= 0.6 is 11.8 Å². The summed E-state index contributed by atoms with van der Waals surface area (Å²) in [6.07, 6.45) is 9.56. The number of rotatable bonds is 4. The summed E-state index contributed by atoms with van der Waals surface area (Å²) in [6.45, 7) is 11.0. The maximum Gasteiger partial charge on any atom is 0.127 e. The van der Waals surface area contributed by atoms with Crippen molar-refractivity contribution in [1.82, 2.24) is 0 Å². The van der Waals surface area contributed by atoms with Crippen LogP contribution in [0.2, 0.25) is 0 Å². The van der Waals surface area contributed by atoms with Gasteiger partial charge in [0.1, 0.15) is 5.75 Å². The topological polar surface area (TPSA) is 20.2 Å². The molecule has 2 aromatic carbocycles. The van der Waals surface area contributed by atoms with E-state index in [1.54, 1.807) is 0 Å². The molecule has 0 spiro atoms. The molecule has 1 aliphatic carbocycles. The predicted octanol–water partition coefficient (Wildman–Crippen LogP) is 8.32. The first-order valence-electron chi connectivity index (χ1n) is 11.3. The quantitative estimate of drug-likeness (QED) is 0.547. The molecule has 2 aromatic rings.